The summed E-state index contributed by atoms with van der Waals surface area (Å²) in [5.41, 5.74) is 0. The predicted molar refractivity (Wildman–Crippen MR) is 109 cm³/mol. The summed E-state index contributed by atoms with van der Waals surface area (Å²) in [6.07, 6.45) is 21.0. The third-order valence-corrected chi connectivity index (χ3v) is 5.61. The Labute approximate surface area is 153 Å². The third-order valence-electron chi connectivity index (χ3n) is 5.61. The minimum absolute atomic E-state index is 0.0222. The van der Waals surface area contributed by atoms with Gasteiger partial charge in [0.1, 0.15) is 0 Å². The van der Waals surface area contributed by atoms with Crippen molar-refractivity contribution in [2.24, 2.45) is 0 Å². The van der Waals surface area contributed by atoms with Crippen LogP contribution in [0.4, 0.5) is 0 Å². The molecule has 0 radical (unpaired) electrons. The predicted octanol–water partition coefficient (Wildman–Crippen LogP) is 7.60. The van der Waals surface area contributed by atoms with Gasteiger partial charge in [-0.15, -0.1) is 0 Å². The van der Waals surface area contributed by atoms with Gasteiger partial charge in [-0.05, 0) is 32.6 Å². The standard InChI is InChI=1S/C22H47NO/c1-5-7-9-11-13-15-17-19-21-23(4,24)22(3)20-18-16-14-12-10-8-6-2/h22H,5-21H2,1-4H3. The third kappa shape index (κ3) is 14.3. The minimum atomic E-state index is -0.0222. The first-order chi connectivity index (χ1) is 11.5. The molecule has 0 aromatic heterocycles. The number of hydrogen-bond acceptors (Lipinski definition) is 1. The van der Waals surface area contributed by atoms with Crippen molar-refractivity contribution >= 4 is 0 Å². The topological polar surface area (TPSA) is 23.1 Å². The zero-order chi connectivity index (χ0) is 18.1. The Bertz CT molecular complexity index is 252. The van der Waals surface area contributed by atoms with Gasteiger partial charge in [-0.25, -0.2) is 0 Å². The van der Waals surface area contributed by atoms with E-state index in [0.717, 1.165) is 19.4 Å². The van der Waals surface area contributed by atoms with Crippen molar-refractivity contribution in [3.05, 3.63) is 5.21 Å². The molecule has 2 nitrogen and oxygen atoms in total. The van der Waals surface area contributed by atoms with Crippen molar-refractivity contribution in [2.45, 2.75) is 130 Å². The second-order valence-electron chi connectivity index (χ2n) is 8.13. The highest BCUT2D eigenvalue weighted by molar-refractivity contribution is 4.56. The maximum Gasteiger partial charge on any atom is 0.0856 e. The van der Waals surface area contributed by atoms with E-state index in [1.165, 1.54) is 89.9 Å². The molecule has 0 spiro atoms. The summed E-state index contributed by atoms with van der Waals surface area (Å²) in [7, 11) is 1.90. The number of quaternary nitrogens is 1. The molecule has 0 aromatic rings. The summed E-state index contributed by atoms with van der Waals surface area (Å²) in [5, 5.41) is 12.7. The average Bonchev–Trinajstić information content (AvgIpc) is 2.56. The lowest BCUT2D eigenvalue weighted by molar-refractivity contribution is -0.885. The molecule has 0 fully saturated rings. The van der Waals surface area contributed by atoms with Crippen molar-refractivity contribution in [2.75, 3.05) is 13.6 Å². The van der Waals surface area contributed by atoms with Crippen LogP contribution < -0.4 is 0 Å². The van der Waals surface area contributed by atoms with Gasteiger partial charge in [-0.3, -0.25) is 0 Å². The summed E-state index contributed by atoms with van der Waals surface area (Å²) >= 11 is 0. The van der Waals surface area contributed by atoms with E-state index < -0.39 is 0 Å². The van der Waals surface area contributed by atoms with Gasteiger partial charge < -0.3 is 9.85 Å². The molecule has 0 aliphatic rings. The molecular weight excluding hydrogens is 294 g/mol. The monoisotopic (exact) mass is 341 g/mol. The lowest BCUT2D eigenvalue weighted by Crippen LogP contribution is -2.46. The van der Waals surface area contributed by atoms with Crippen LogP contribution in [-0.4, -0.2) is 24.3 Å². The van der Waals surface area contributed by atoms with E-state index >= 15 is 0 Å². The van der Waals surface area contributed by atoms with Crippen LogP contribution in [0.5, 0.6) is 0 Å². The first-order valence-electron chi connectivity index (χ1n) is 11.1. The van der Waals surface area contributed by atoms with E-state index in [-0.39, 0.29) is 10.7 Å². The summed E-state index contributed by atoms with van der Waals surface area (Å²) in [6, 6.07) is 0.269. The molecule has 0 amide bonds. The van der Waals surface area contributed by atoms with E-state index in [1.807, 2.05) is 7.05 Å². The molecule has 146 valence electrons. The Balaban J connectivity index is 3.55. The molecule has 2 heteroatoms. The second-order valence-corrected chi connectivity index (χ2v) is 8.13. The molecule has 0 aliphatic carbocycles. The van der Waals surface area contributed by atoms with Crippen LogP contribution >= 0.6 is 0 Å². The first-order valence-corrected chi connectivity index (χ1v) is 11.1. The van der Waals surface area contributed by atoms with E-state index in [1.54, 1.807) is 0 Å². The molecule has 0 bridgehead atoms. The van der Waals surface area contributed by atoms with Crippen molar-refractivity contribution in [3.63, 3.8) is 0 Å². The molecule has 0 saturated carbocycles. The molecule has 2 atom stereocenters. The van der Waals surface area contributed by atoms with Gasteiger partial charge in [0.15, 0.2) is 0 Å². The number of rotatable bonds is 18. The number of unbranched alkanes of at least 4 members (excludes halogenated alkanes) is 13. The first kappa shape index (κ1) is 23.9. The Kier molecular flexibility index (Phi) is 16.3. The lowest BCUT2D eigenvalue weighted by Gasteiger charge is -2.44. The Hall–Kier alpha value is -0.0800. The van der Waals surface area contributed by atoms with Crippen molar-refractivity contribution in [1.82, 2.24) is 0 Å². The Morgan fingerprint density at radius 3 is 1.46 bits per heavy atom. The van der Waals surface area contributed by atoms with Crippen LogP contribution in [0.3, 0.4) is 0 Å². The maximum absolute atomic E-state index is 12.7. The van der Waals surface area contributed by atoms with Gasteiger partial charge in [0.2, 0.25) is 0 Å². The van der Waals surface area contributed by atoms with Crippen LogP contribution in [-0.2, 0) is 0 Å². The Morgan fingerprint density at radius 1 is 0.625 bits per heavy atom. The number of hydrogen-bond donors (Lipinski definition) is 0. The highest BCUT2D eigenvalue weighted by Crippen LogP contribution is 2.18. The lowest BCUT2D eigenvalue weighted by atomic mass is 10.0. The van der Waals surface area contributed by atoms with E-state index in [4.69, 9.17) is 0 Å². The summed E-state index contributed by atoms with van der Waals surface area (Å²) in [4.78, 5) is 0. The van der Waals surface area contributed by atoms with Gasteiger partial charge in [0, 0.05) is 0 Å². The van der Waals surface area contributed by atoms with Gasteiger partial charge >= 0.3 is 0 Å². The summed E-state index contributed by atoms with van der Waals surface area (Å²) in [5.74, 6) is 0. The SMILES string of the molecule is CCCCCCCCCC[N+](C)([O-])C(C)CCCCCCCCC. The molecule has 0 saturated heterocycles. The zero-order valence-corrected chi connectivity index (χ0v) is 17.5. The van der Waals surface area contributed by atoms with E-state index in [9.17, 15) is 5.21 Å². The fourth-order valence-corrected chi connectivity index (χ4v) is 3.45. The van der Waals surface area contributed by atoms with Gasteiger partial charge in [0.05, 0.1) is 19.6 Å². The average molecular weight is 342 g/mol. The minimum Gasteiger partial charge on any atom is -0.633 e. The summed E-state index contributed by atoms with van der Waals surface area (Å²) in [6.45, 7) is 7.50. The highest BCUT2D eigenvalue weighted by Gasteiger charge is 2.18. The van der Waals surface area contributed by atoms with Crippen LogP contribution in [0.2, 0.25) is 0 Å². The highest BCUT2D eigenvalue weighted by atomic mass is 16.5. The molecule has 0 aromatic carbocycles. The second kappa shape index (κ2) is 16.4. The zero-order valence-electron chi connectivity index (χ0n) is 17.5. The largest absolute Gasteiger partial charge is 0.633 e. The molecule has 0 heterocycles. The number of nitrogens with zero attached hydrogens (tertiary/aromatic N) is 1. The molecule has 24 heavy (non-hydrogen) atoms. The van der Waals surface area contributed by atoms with Crippen molar-refractivity contribution in [3.8, 4) is 0 Å². The maximum atomic E-state index is 12.7. The quantitative estimate of drug-likeness (QED) is 0.143. The number of hydroxylamine groups is 3. The normalized spacial score (nSPS) is 15.4. The van der Waals surface area contributed by atoms with Crippen LogP contribution in [0.25, 0.3) is 0 Å². The van der Waals surface area contributed by atoms with Gasteiger partial charge in [-0.1, -0.05) is 90.9 Å². The molecule has 0 N–H and O–H groups in total. The van der Waals surface area contributed by atoms with Crippen LogP contribution in [0, 0.1) is 5.21 Å². The molecule has 2 unspecified atom stereocenters. The van der Waals surface area contributed by atoms with Crippen molar-refractivity contribution < 1.29 is 4.65 Å². The molecular formula is C22H47NO. The van der Waals surface area contributed by atoms with Crippen molar-refractivity contribution in [1.29, 1.82) is 0 Å². The van der Waals surface area contributed by atoms with E-state index in [0.29, 0.717) is 0 Å². The van der Waals surface area contributed by atoms with Gasteiger partial charge in [-0.2, -0.15) is 0 Å². The summed E-state index contributed by atoms with van der Waals surface area (Å²) < 4.78 is -0.0222. The molecule has 0 aliphatic heterocycles. The van der Waals surface area contributed by atoms with Gasteiger partial charge in [0.25, 0.3) is 0 Å². The Morgan fingerprint density at radius 2 is 1.00 bits per heavy atom. The van der Waals surface area contributed by atoms with Crippen LogP contribution in [0.1, 0.15) is 124 Å². The fraction of sp³-hybridized carbons (Fsp3) is 1.00. The molecule has 0 rings (SSSR count). The smallest absolute Gasteiger partial charge is 0.0856 e. The fourth-order valence-electron chi connectivity index (χ4n) is 3.45. The van der Waals surface area contributed by atoms with Crippen LogP contribution in [0.15, 0.2) is 0 Å². The van der Waals surface area contributed by atoms with E-state index in [2.05, 4.69) is 20.8 Å².